The van der Waals surface area contributed by atoms with Crippen LogP contribution in [0, 0.1) is 0 Å². The van der Waals surface area contributed by atoms with Gasteiger partial charge in [0.25, 0.3) is 11.8 Å². The van der Waals surface area contributed by atoms with E-state index in [4.69, 9.17) is 4.74 Å². The Kier molecular flexibility index (Phi) is 7.22. The molecule has 0 aliphatic carbocycles. The molecule has 0 saturated carbocycles. The standard InChI is InChI=1S/C24H28N2O4/c1-18-10-8-9-15-26(18)22(27)17-30-24(29)21-14-7-6-13-20(21)23(28)25(2)16-19-11-4-3-5-12-19/h3-7,11-14,18H,8-10,15-17H2,1-2H3/t18-/m0/s1. The van der Waals surface area contributed by atoms with E-state index in [-0.39, 0.29) is 35.6 Å². The van der Waals surface area contributed by atoms with Crippen LogP contribution in [0.3, 0.4) is 0 Å². The van der Waals surface area contributed by atoms with Crippen LogP contribution < -0.4 is 0 Å². The highest BCUT2D eigenvalue weighted by Crippen LogP contribution is 2.18. The number of piperidine rings is 1. The molecule has 0 N–H and O–H groups in total. The molecule has 1 saturated heterocycles. The molecule has 3 rings (SSSR count). The van der Waals surface area contributed by atoms with Crippen molar-refractivity contribution < 1.29 is 19.1 Å². The molecule has 1 heterocycles. The summed E-state index contributed by atoms with van der Waals surface area (Å²) in [7, 11) is 1.69. The fraction of sp³-hybridized carbons (Fsp3) is 0.375. The van der Waals surface area contributed by atoms with Crippen LogP contribution in [0.1, 0.15) is 52.5 Å². The number of nitrogens with zero attached hydrogens (tertiary/aromatic N) is 2. The van der Waals surface area contributed by atoms with Gasteiger partial charge in [-0.2, -0.15) is 0 Å². The van der Waals surface area contributed by atoms with E-state index >= 15 is 0 Å². The Bertz CT molecular complexity index is 897. The van der Waals surface area contributed by atoms with E-state index in [1.165, 1.54) is 0 Å². The minimum Gasteiger partial charge on any atom is -0.452 e. The molecule has 1 aliphatic heterocycles. The predicted molar refractivity (Wildman–Crippen MR) is 114 cm³/mol. The van der Waals surface area contributed by atoms with Crippen LogP contribution >= 0.6 is 0 Å². The number of carbonyl (C=O) groups excluding carboxylic acids is 3. The number of benzene rings is 2. The Morgan fingerprint density at radius 3 is 2.37 bits per heavy atom. The maximum Gasteiger partial charge on any atom is 0.339 e. The first-order valence-corrected chi connectivity index (χ1v) is 10.3. The van der Waals surface area contributed by atoms with Crippen LogP contribution in [-0.2, 0) is 16.1 Å². The van der Waals surface area contributed by atoms with Crippen LogP contribution in [0.4, 0.5) is 0 Å². The van der Waals surface area contributed by atoms with Crippen molar-refractivity contribution in [1.29, 1.82) is 0 Å². The van der Waals surface area contributed by atoms with Gasteiger partial charge in [0.2, 0.25) is 0 Å². The van der Waals surface area contributed by atoms with Crippen LogP contribution in [-0.4, -0.2) is 53.8 Å². The molecule has 0 spiro atoms. The number of carbonyl (C=O) groups is 3. The lowest BCUT2D eigenvalue weighted by atomic mass is 10.0. The Balaban J connectivity index is 1.65. The predicted octanol–water partition coefficient (Wildman–Crippen LogP) is 3.52. The van der Waals surface area contributed by atoms with E-state index in [1.807, 2.05) is 37.3 Å². The molecule has 2 amide bonds. The fourth-order valence-electron chi connectivity index (χ4n) is 3.74. The van der Waals surface area contributed by atoms with Gasteiger partial charge in [-0.3, -0.25) is 9.59 Å². The number of rotatable bonds is 6. The quantitative estimate of drug-likeness (QED) is 0.686. The second-order valence-corrected chi connectivity index (χ2v) is 7.70. The number of hydrogen-bond donors (Lipinski definition) is 0. The molecule has 158 valence electrons. The van der Waals surface area contributed by atoms with E-state index < -0.39 is 5.97 Å². The van der Waals surface area contributed by atoms with Crippen LogP contribution in [0.25, 0.3) is 0 Å². The molecule has 30 heavy (non-hydrogen) atoms. The molecule has 6 nitrogen and oxygen atoms in total. The smallest absolute Gasteiger partial charge is 0.339 e. The Morgan fingerprint density at radius 1 is 1.00 bits per heavy atom. The fourth-order valence-corrected chi connectivity index (χ4v) is 3.74. The lowest BCUT2D eigenvalue weighted by Crippen LogP contribution is -2.44. The summed E-state index contributed by atoms with van der Waals surface area (Å²) in [5.41, 5.74) is 1.43. The molecule has 0 aromatic heterocycles. The molecule has 2 aromatic carbocycles. The van der Waals surface area contributed by atoms with E-state index in [0.717, 1.165) is 24.8 Å². The zero-order valence-corrected chi connectivity index (χ0v) is 17.5. The summed E-state index contributed by atoms with van der Waals surface area (Å²) in [6, 6.07) is 16.3. The molecular weight excluding hydrogens is 380 g/mol. The molecule has 1 aliphatic rings. The number of amides is 2. The monoisotopic (exact) mass is 408 g/mol. The molecule has 0 radical (unpaired) electrons. The Morgan fingerprint density at radius 2 is 1.67 bits per heavy atom. The van der Waals surface area contributed by atoms with E-state index in [2.05, 4.69) is 0 Å². The zero-order valence-electron chi connectivity index (χ0n) is 17.5. The molecular formula is C24H28N2O4. The van der Waals surface area contributed by atoms with Gasteiger partial charge < -0.3 is 14.5 Å². The highest BCUT2D eigenvalue weighted by molar-refractivity contribution is 6.05. The van der Waals surface area contributed by atoms with E-state index in [9.17, 15) is 14.4 Å². The highest BCUT2D eigenvalue weighted by atomic mass is 16.5. The summed E-state index contributed by atoms with van der Waals surface area (Å²) in [6.45, 7) is 2.81. The number of likely N-dealkylation sites (tertiary alicyclic amines) is 1. The molecule has 0 unspecified atom stereocenters. The lowest BCUT2D eigenvalue weighted by Gasteiger charge is -2.33. The number of esters is 1. The van der Waals surface area contributed by atoms with Gasteiger partial charge >= 0.3 is 5.97 Å². The third-order valence-electron chi connectivity index (χ3n) is 5.44. The zero-order chi connectivity index (χ0) is 21.5. The van der Waals surface area contributed by atoms with Crippen molar-refractivity contribution in [3.05, 3.63) is 71.3 Å². The third-order valence-corrected chi connectivity index (χ3v) is 5.44. The minimum absolute atomic E-state index is 0.158. The maximum absolute atomic E-state index is 12.9. The molecule has 2 aromatic rings. The first kappa shape index (κ1) is 21.6. The average Bonchev–Trinajstić information content (AvgIpc) is 2.77. The van der Waals surface area contributed by atoms with Crippen molar-refractivity contribution in [2.75, 3.05) is 20.2 Å². The Labute approximate surface area is 177 Å². The van der Waals surface area contributed by atoms with Crippen molar-refractivity contribution in [2.24, 2.45) is 0 Å². The van der Waals surface area contributed by atoms with Gasteiger partial charge in [0.05, 0.1) is 11.1 Å². The SMILES string of the molecule is C[C@H]1CCCCN1C(=O)COC(=O)c1ccccc1C(=O)N(C)Cc1ccccc1. The third kappa shape index (κ3) is 5.26. The molecule has 6 heteroatoms. The summed E-state index contributed by atoms with van der Waals surface area (Å²) < 4.78 is 5.28. The normalized spacial score (nSPS) is 16.1. The van der Waals surface area contributed by atoms with Gasteiger partial charge in [-0.15, -0.1) is 0 Å². The summed E-state index contributed by atoms with van der Waals surface area (Å²) in [5.74, 6) is -1.13. The second-order valence-electron chi connectivity index (χ2n) is 7.70. The summed E-state index contributed by atoms with van der Waals surface area (Å²) in [6.07, 6.45) is 3.04. The molecule has 0 bridgehead atoms. The van der Waals surface area contributed by atoms with Gasteiger partial charge in [-0.1, -0.05) is 42.5 Å². The largest absolute Gasteiger partial charge is 0.452 e. The first-order valence-electron chi connectivity index (χ1n) is 10.3. The van der Waals surface area contributed by atoms with Crippen molar-refractivity contribution >= 4 is 17.8 Å². The van der Waals surface area contributed by atoms with E-state index in [0.29, 0.717) is 13.1 Å². The van der Waals surface area contributed by atoms with Gasteiger partial charge in [0, 0.05) is 26.2 Å². The maximum atomic E-state index is 12.9. The first-order chi connectivity index (χ1) is 14.5. The van der Waals surface area contributed by atoms with Crippen LogP contribution in [0.15, 0.2) is 54.6 Å². The molecule has 1 atom stereocenters. The topological polar surface area (TPSA) is 66.9 Å². The molecule has 1 fully saturated rings. The lowest BCUT2D eigenvalue weighted by molar-refractivity contribution is -0.137. The summed E-state index contributed by atoms with van der Waals surface area (Å²) in [5, 5.41) is 0. The van der Waals surface area contributed by atoms with Gasteiger partial charge in [0.15, 0.2) is 6.61 Å². The number of hydrogen-bond acceptors (Lipinski definition) is 4. The van der Waals surface area contributed by atoms with Crippen molar-refractivity contribution in [2.45, 2.75) is 38.8 Å². The highest BCUT2D eigenvalue weighted by Gasteiger charge is 2.25. The van der Waals surface area contributed by atoms with Gasteiger partial charge in [-0.25, -0.2) is 4.79 Å². The van der Waals surface area contributed by atoms with Crippen molar-refractivity contribution in [1.82, 2.24) is 9.80 Å². The van der Waals surface area contributed by atoms with Gasteiger partial charge in [-0.05, 0) is 43.9 Å². The Hall–Kier alpha value is -3.15. The van der Waals surface area contributed by atoms with Crippen LogP contribution in [0.2, 0.25) is 0 Å². The van der Waals surface area contributed by atoms with E-state index in [1.54, 1.807) is 41.1 Å². The van der Waals surface area contributed by atoms with Gasteiger partial charge in [0.1, 0.15) is 0 Å². The van der Waals surface area contributed by atoms with Crippen LogP contribution in [0.5, 0.6) is 0 Å². The number of ether oxygens (including phenoxy) is 1. The minimum atomic E-state index is -0.662. The average molecular weight is 408 g/mol. The van der Waals surface area contributed by atoms with Crippen molar-refractivity contribution in [3.8, 4) is 0 Å². The van der Waals surface area contributed by atoms with Crippen molar-refractivity contribution in [3.63, 3.8) is 0 Å². The summed E-state index contributed by atoms with van der Waals surface area (Å²) >= 11 is 0. The second kappa shape index (κ2) is 10.1. The summed E-state index contributed by atoms with van der Waals surface area (Å²) in [4.78, 5) is 41.4.